The van der Waals surface area contributed by atoms with Crippen molar-refractivity contribution in [1.82, 2.24) is 9.97 Å². The SMILES string of the molecule is CCNc1ncnc(OCCCO)c1C. The van der Waals surface area contributed by atoms with Gasteiger partial charge in [0.05, 0.1) is 12.2 Å². The van der Waals surface area contributed by atoms with Gasteiger partial charge in [0.15, 0.2) is 0 Å². The quantitative estimate of drug-likeness (QED) is 0.686. The van der Waals surface area contributed by atoms with Gasteiger partial charge in [0.1, 0.15) is 12.1 Å². The first-order valence-electron chi connectivity index (χ1n) is 5.08. The van der Waals surface area contributed by atoms with E-state index in [0.717, 1.165) is 17.9 Å². The van der Waals surface area contributed by atoms with Crippen molar-refractivity contribution in [3.05, 3.63) is 11.9 Å². The molecule has 15 heavy (non-hydrogen) atoms. The fourth-order valence-electron chi connectivity index (χ4n) is 1.16. The van der Waals surface area contributed by atoms with Crippen LogP contribution in [-0.4, -0.2) is 34.8 Å². The van der Waals surface area contributed by atoms with E-state index in [2.05, 4.69) is 15.3 Å². The number of aliphatic hydroxyl groups is 1. The Morgan fingerprint density at radius 2 is 2.27 bits per heavy atom. The third kappa shape index (κ3) is 3.36. The van der Waals surface area contributed by atoms with Gasteiger partial charge in [-0.1, -0.05) is 0 Å². The van der Waals surface area contributed by atoms with Gasteiger partial charge in [-0.15, -0.1) is 0 Å². The van der Waals surface area contributed by atoms with Crippen molar-refractivity contribution in [3.63, 3.8) is 0 Å². The van der Waals surface area contributed by atoms with E-state index in [4.69, 9.17) is 9.84 Å². The minimum atomic E-state index is 0.129. The molecule has 0 amide bonds. The van der Waals surface area contributed by atoms with E-state index in [9.17, 15) is 0 Å². The molecule has 1 aromatic rings. The minimum Gasteiger partial charge on any atom is -0.477 e. The lowest BCUT2D eigenvalue weighted by Gasteiger charge is -2.10. The van der Waals surface area contributed by atoms with E-state index in [1.165, 1.54) is 6.33 Å². The number of anilines is 1. The average molecular weight is 211 g/mol. The Kier molecular flexibility index (Phi) is 4.83. The van der Waals surface area contributed by atoms with Crippen molar-refractivity contribution in [2.75, 3.05) is 25.1 Å². The number of ether oxygens (including phenoxy) is 1. The number of nitrogens with zero attached hydrogens (tertiary/aromatic N) is 2. The molecule has 0 aliphatic rings. The van der Waals surface area contributed by atoms with Gasteiger partial charge in [-0.25, -0.2) is 9.97 Å². The smallest absolute Gasteiger partial charge is 0.221 e. The molecular weight excluding hydrogens is 194 g/mol. The Labute approximate surface area is 89.5 Å². The summed E-state index contributed by atoms with van der Waals surface area (Å²) in [6, 6.07) is 0. The second-order valence-corrected chi connectivity index (χ2v) is 3.11. The number of rotatable bonds is 6. The van der Waals surface area contributed by atoms with Gasteiger partial charge in [0.2, 0.25) is 5.88 Å². The summed E-state index contributed by atoms with van der Waals surface area (Å²) >= 11 is 0. The van der Waals surface area contributed by atoms with Gasteiger partial charge in [-0.3, -0.25) is 0 Å². The molecule has 0 saturated heterocycles. The highest BCUT2D eigenvalue weighted by atomic mass is 16.5. The first-order chi connectivity index (χ1) is 7.29. The van der Waals surface area contributed by atoms with Gasteiger partial charge in [0.25, 0.3) is 0 Å². The summed E-state index contributed by atoms with van der Waals surface area (Å²) in [5, 5.41) is 11.8. The van der Waals surface area contributed by atoms with E-state index >= 15 is 0 Å². The Balaban J connectivity index is 2.66. The third-order valence-electron chi connectivity index (χ3n) is 1.92. The van der Waals surface area contributed by atoms with Gasteiger partial charge in [-0.2, -0.15) is 0 Å². The fraction of sp³-hybridized carbons (Fsp3) is 0.600. The fourth-order valence-corrected chi connectivity index (χ4v) is 1.16. The maximum atomic E-state index is 8.63. The largest absolute Gasteiger partial charge is 0.477 e. The molecule has 1 heterocycles. The van der Waals surface area contributed by atoms with Crippen molar-refractivity contribution in [1.29, 1.82) is 0 Å². The van der Waals surface area contributed by atoms with Crippen LogP contribution in [0.1, 0.15) is 18.9 Å². The van der Waals surface area contributed by atoms with Crippen molar-refractivity contribution in [2.24, 2.45) is 0 Å². The van der Waals surface area contributed by atoms with Gasteiger partial charge in [0, 0.05) is 19.6 Å². The summed E-state index contributed by atoms with van der Waals surface area (Å²) in [5.41, 5.74) is 0.900. The maximum absolute atomic E-state index is 8.63. The lowest BCUT2D eigenvalue weighted by Crippen LogP contribution is -2.07. The highest BCUT2D eigenvalue weighted by Gasteiger charge is 2.06. The highest BCUT2D eigenvalue weighted by Crippen LogP contribution is 2.19. The predicted octanol–water partition coefficient (Wildman–Crippen LogP) is 0.978. The Morgan fingerprint density at radius 3 is 2.93 bits per heavy atom. The van der Waals surface area contributed by atoms with Crippen LogP contribution in [0.3, 0.4) is 0 Å². The van der Waals surface area contributed by atoms with Crippen molar-refractivity contribution in [3.8, 4) is 5.88 Å². The van der Waals surface area contributed by atoms with Crippen LogP contribution in [-0.2, 0) is 0 Å². The van der Waals surface area contributed by atoms with Gasteiger partial charge < -0.3 is 15.2 Å². The van der Waals surface area contributed by atoms with E-state index in [0.29, 0.717) is 18.9 Å². The number of aliphatic hydroxyl groups excluding tert-OH is 1. The molecule has 0 saturated carbocycles. The Bertz CT molecular complexity index is 305. The standard InChI is InChI=1S/C10H17N3O2/c1-3-11-9-8(2)10(13-7-12-9)15-6-4-5-14/h7,14H,3-6H2,1-2H3,(H,11,12,13). The van der Waals surface area contributed by atoms with Crippen LogP contribution in [0, 0.1) is 6.92 Å². The number of hydrogen-bond acceptors (Lipinski definition) is 5. The topological polar surface area (TPSA) is 67.3 Å². The van der Waals surface area contributed by atoms with E-state index in [-0.39, 0.29) is 6.61 Å². The molecule has 1 rings (SSSR count). The van der Waals surface area contributed by atoms with Crippen LogP contribution in [0.5, 0.6) is 5.88 Å². The number of aromatic nitrogens is 2. The Hall–Kier alpha value is -1.36. The van der Waals surface area contributed by atoms with E-state index < -0.39 is 0 Å². The zero-order valence-corrected chi connectivity index (χ0v) is 9.16. The normalized spacial score (nSPS) is 10.1. The molecule has 0 bridgehead atoms. The second kappa shape index (κ2) is 6.19. The van der Waals surface area contributed by atoms with E-state index in [1.54, 1.807) is 0 Å². The van der Waals surface area contributed by atoms with Gasteiger partial charge >= 0.3 is 0 Å². The molecule has 0 fully saturated rings. The molecule has 2 N–H and O–H groups in total. The van der Waals surface area contributed by atoms with Crippen molar-refractivity contribution < 1.29 is 9.84 Å². The molecule has 84 valence electrons. The summed E-state index contributed by atoms with van der Waals surface area (Å²) in [4.78, 5) is 8.14. The molecule has 0 aliphatic heterocycles. The van der Waals surface area contributed by atoms with Crippen molar-refractivity contribution in [2.45, 2.75) is 20.3 Å². The highest BCUT2D eigenvalue weighted by molar-refractivity contribution is 5.47. The summed E-state index contributed by atoms with van der Waals surface area (Å²) in [5.74, 6) is 1.38. The first-order valence-corrected chi connectivity index (χ1v) is 5.08. The second-order valence-electron chi connectivity index (χ2n) is 3.11. The molecule has 0 atom stereocenters. The molecule has 0 unspecified atom stereocenters. The molecular formula is C10H17N3O2. The van der Waals surface area contributed by atoms with E-state index in [1.807, 2.05) is 13.8 Å². The molecule has 0 aromatic carbocycles. The maximum Gasteiger partial charge on any atom is 0.221 e. The molecule has 0 aliphatic carbocycles. The van der Waals surface area contributed by atoms with Crippen LogP contribution < -0.4 is 10.1 Å². The minimum absolute atomic E-state index is 0.129. The molecule has 0 radical (unpaired) electrons. The third-order valence-corrected chi connectivity index (χ3v) is 1.92. The zero-order valence-electron chi connectivity index (χ0n) is 9.16. The van der Waals surface area contributed by atoms with Crippen molar-refractivity contribution >= 4 is 5.82 Å². The average Bonchev–Trinajstić information content (AvgIpc) is 2.24. The van der Waals surface area contributed by atoms with Crippen LogP contribution >= 0.6 is 0 Å². The monoisotopic (exact) mass is 211 g/mol. The molecule has 5 heteroatoms. The summed E-state index contributed by atoms with van der Waals surface area (Å²) in [6.45, 7) is 5.33. The predicted molar refractivity (Wildman–Crippen MR) is 58.1 cm³/mol. The van der Waals surface area contributed by atoms with Crippen LogP contribution in [0.15, 0.2) is 6.33 Å². The summed E-state index contributed by atoms with van der Waals surface area (Å²) in [7, 11) is 0. The van der Waals surface area contributed by atoms with Crippen LogP contribution in [0.2, 0.25) is 0 Å². The summed E-state index contributed by atoms with van der Waals surface area (Å²) in [6.07, 6.45) is 2.08. The lowest BCUT2D eigenvalue weighted by molar-refractivity contribution is 0.228. The zero-order chi connectivity index (χ0) is 11.1. The number of hydrogen-bond donors (Lipinski definition) is 2. The van der Waals surface area contributed by atoms with Gasteiger partial charge in [-0.05, 0) is 13.8 Å². The lowest BCUT2D eigenvalue weighted by atomic mass is 10.3. The first kappa shape index (κ1) is 11.7. The molecule has 5 nitrogen and oxygen atoms in total. The number of nitrogens with one attached hydrogen (secondary N) is 1. The molecule has 1 aromatic heterocycles. The van der Waals surface area contributed by atoms with Crippen LogP contribution in [0.4, 0.5) is 5.82 Å². The molecule has 0 spiro atoms. The Morgan fingerprint density at radius 1 is 1.47 bits per heavy atom. The summed E-state index contributed by atoms with van der Waals surface area (Å²) < 4.78 is 5.41. The van der Waals surface area contributed by atoms with Crippen LogP contribution in [0.25, 0.3) is 0 Å².